The molecule has 1 heterocycles. The Morgan fingerprint density at radius 3 is 2.57 bits per heavy atom. The van der Waals surface area contributed by atoms with E-state index in [1.807, 2.05) is 48.5 Å². The summed E-state index contributed by atoms with van der Waals surface area (Å²) in [6, 6.07) is 14.9. The molecule has 0 radical (unpaired) electrons. The summed E-state index contributed by atoms with van der Waals surface area (Å²) in [6.07, 6.45) is 0.262. The predicted octanol–water partition coefficient (Wildman–Crippen LogP) is 4.04. The Morgan fingerprint density at radius 1 is 1.14 bits per heavy atom. The number of fused-ring (bicyclic) bond motifs is 1. The molecule has 0 aliphatic carbocycles. The molecule has 0 spiro atoms. The summed E-state index contributed by atoms with van der Waals surface area (Å²) >= 11 is 1.24. The Balaban J connectivity index is 1.91. The molecule has 0 aliphatic rings. The van der Waals surface area contributed by atoms with Gasteiger partial charge in [-0.15, -0.1) is 0 Å². The zero-order valence-corrected chi connectivity index (χ0v) is 12.3. The minimum atomic E-state index is -0.0740. The molecule has 3 nitrogen and oxygen atoms in total. The van der Waals surface area contributed by atoms with Crippen molar-refractivity contribution in [3.05, 3.63) is 59.7 Å². The fraction of sp³-hybridized carbons (Fsp3) is 0.118. The lowest BCUT2D eigenvalue weighted by molar-refractivity contribution is 0.0992. The minimum absolute atomic E-state index is 0.0740. The van der Waals surface area contributed by atoms with E-state index in [0.717, 1.165) is 21.4 Å². The molecule has 1 aromatic heterocycles. The molecular formula is C17H14O3S. The average molecular weight is 298 g/mol. The van der Waals surface area contributed by atoms with Crippen molar-refractivity contribution in [1.29, 1.82) is 0 Å². The number of hydrogen-bond donors (Lipinski definition) is 1. The van der Waals surface area contributed by atoms with Crippen molar-refractivity contribution in [3.8, 4) is 10.8 Å². The van der Waals surface area contributed by atoms with E-state index in [-0.39, 0.29) is 17.3 Å². The molecule has 0 unspecified atom stereocenters. The SMILES string of the molecule is COc1ccc(CC(=O)c2c(O)sc3ccccc23)cc1. The van der Waals surface area contributed by atoms with Gasteiger partial charge in [0, 0.05) is 16.5 Å². The van der Waals surface area contributed by atoms with E-state index in [2.05, 4.69) is 0 Å². The first-order valence-electron chi connectivity index (χ1n) is 6.55. The quantitative estimate of drug-likeness (QED) is 0.739. The highest BCUT2D eigenvalue weighted by Crippen LogP contribution is 2.37. The van der Waals surface area contributed by atoms with E-state index in [1.54, 1.807) is 7.11 Å². The van der Waals surface area contributed by atoms with Crippen molar-refractivity contribution < 1.29 is 14.6 Å². The summed E-state index contributed by atoms with van der Waals surface area (Å²) in [6.45, 7) is 0. The maximum atomic E-state index is 12.5. The highest BCUT2D eigenvalue weighted by molar-refractivity contribution is 7.21. The van der Waals surface area contributed by atoms with Crippen LogP contribution in [0.25, 0.3) is 10.1 Å². The Bertz CT molecular complexity index is 787. The standard InChI is InChI=1S/C17H14O3S/c1-20-12-8-6-11(7-9-12)10-14(18)16-13-4-2-3-5-15(13)21-17(16)19/h2-9,19H,10H2,1H3. The topological polar surface area (TPSA) is 46.5 Å². The molecule has 3 rings (SSSR count). The minimum Gasteiger partial charge on any atom is -0.499 e. The number of rotatable bonds is 4. The fourth-order valence-electron chi connectivity index (χ4n) is 2.32. The van der Waals surface area contributed by atoms with E-state index in [4.69, 9.17) is 4.74 Å². The van der Waals surface area contributed by atoms with Crippen LogP contribution in [0.1, 0.15) is 15.9 Å². The van der Waals surface area contributed by atoms with Crippen LogP contribution >= 0.6 is 11.3 Å². The lowest BCUT2D eigenvalue weighted by atomic mass is 10.0. The van der Waals surface area contributed by atoms with Gasteiger partial charge in [0.25, 0.3) is 0 Å². The first-order chi connectivity index (χ1) is 10.2. The first kappa shape index (κ1) is 13.6. The number of ether oxygens (including phenoxy) is 1. The van der Waals surface area contributed by atoms with Gasteiger partial charge in [-0.3, -0.25) is 4.79 Å². The number of benzene rings is 2. The maximum absolute atomic E-state index is 12.5. The van der Waals surface area contributed by atoms with Crippen LogP contribution in [-0.4, -0.2) is 18.0 Å². The molecule has 4 heteroatoms. The summed E-state index contributed by atoms with van der Waals surface area (Å²) in [5.41, 5.74) is 1.32. The van der Waals surface area contributed by atoms with Crippen LogP contribution in [-0.2, 0) is 6.42 Å². The van der Waals surface area contributed by atoms with Gasteiger partial charge in [-0.05, 0) is 23.8 Å². The Morgan fingerprint density at radius 2 is 1.86 bits per heavy atom. The molecular weight excluding hydrogens is 284 g/mol. The number of carbonyl (C=O) groups excluding carboxylic acids is 1. The molecule has 106 valence electrons. The smallest absolute Gasteiger partial charge is 0.183 e. The molecule has 0 amide bonds. The van der Waals surface area contributed by atoms with Gasteiger partial charge in [-0.1, -0.05) is 41.7 Å². The van der Waals surface area contributed by atoms with Crippen LogP contribution < -0.4 is 4.74 Å². The van der Waals surface area contributed by atoms with Crippen LogP contribution in [0.2, 0.25) is 0 Å². The molecule has 21 heavy (non-hydrogen) atoms. The predicted molar refractivity (Wildman–Crippen MR) is 84.5 cm³/mol. The van der Waals surface area contributed by atoms with Crippen molar-refractivity contribution >= 4 is 27.2 Å². The van der Waals surface area contributed by atoms with Crippen molar-refractivity contribution in [1.82, 2.24) is 0 Å². The van der Waals surface area contributed by atoms with Crippen LogP contribution in [0.4, 0.5) is 0 Å². The van der Waals surface area contributed by atoms with Gasteiger partial charge in [0.15, 0.2) is 10.8 Å². The van der Waals surface area contributed by atoms with Gasteiger partial charge in [0.1, 0.15) is 5.75 Å². The molecule has 0 aliphatic heterocycles. The summed E-state index contributed by atoms with van der Waals surface area (Å²) < 4.78 is 6.02. The first-order valence-corrected chi connectivity index (χ1v) is 7.37. The number of aromatic hydroxyl groups is 1. The van der Waals surface area contributed by atoms with Gasteiger partial charge in [0.05, 0.1) is 12.7 Å². The Hall–Kier alpha value is -2.33. The molecule has 0 atom stereocenters. The van der Waals surface area contributed by atoms with Gasteiger partial charge in [-0.25, -0.2) is 0 Å². The number of carbonyl (C=O) groups is 1. The number of hydrogen-bond acceptors (Lipinski definition) is 4. The number of Topliss-reactive ketones (excluding diaryl/α,β-unsaturated/α-hetero) is 1. The molecule has 0 fully saturated rings. The van der Waals surface area contributed by atoms with E-state index in [0.29, 0.717) is 5.56 Å². The average Bonchev–Trinajstić information content (AvgIpc) is 2.83. The lowest BCUT2D eigenvalue weighted by Crippen LogP contribution is -2.03. The maximum Gasteiger partial charge on any atom is 0.183 e. The second-order valence-corrected chi connectivity index (χ2v) is 5.76. The monoisotopic (exact) mass is 298 g/mol. The molecule has 2 aromatic carbocycles. The number of methoxy groups -OCH3 is 1. The third kappa shape index (κ3) is 2.62. The fourth-order valence-corrected chi connectivity index (χ4v) is 3.28. The second kappa shape index (κ2) is 5.58. The summed E-state index contributed by atoms with van der Waals surface area (Å²) in [5, 5.41) is 11.0. The van der Waals surface area contributed by atoms with Crippen LogP contribution in [0.3, 0.4) is 0 Å². The number of thiophene rings is 1. The van der Waals surface area contributed by atoms with Crippen molar-refractivity contribution in [2.75, 3.05) is 7.11 Å². The third-order valence-corrected chi connectivity index (χ3v) is 4.35. The summed E-state index contributed by atoms with van der Waals surface area (Å²) in [4.78, 5) is 12.5. The molecule has 0 bridgehead atoms. The lowest BCUT2D eigenvalue weighted by Gasteiger charge is -2.03. The van der Waals surface area contributed by atoms with Gasteiger partial charge in [-0.2, -0.15) is 0 Å². The summed E-state index contributed by atoms with van der Waals surface area (Å²) in [7, 11) is 1.61. The highest BCUT2D eigenvalue weighted by Gasteiger charge is 2.18. The second-order valence-electron chi connectivity index (χ2n) is 4.73. The van der Waals surface area contributed by atoms with Gasteiger partial charge < -0.3 is 9.84 Å². The normalized spacial score (nSPS) is 10.7. The Labute approximate surface area is 126 Å². The third-order valence-electron chi connectivity index (χ3n) is 3.38. The van der Waals surface area contributed by atoms with E-state index >= 15 is 0 Å². The van der Waals surface area contributed by atoms with Crippen molar-refractivity contribution in [3.63, 3.8) is 0 Å². The molecule has 1 N–H and O–H groups in total. The van der Waals surface area contributed by atoms with E-state index in [1.165, 1.54) is 11.3 Å². The van der Waals surface area contributed by atoms with E-state index < -0.39 is 0 Å². The van der Waals surface area contributed by atoms with Crippen LogP contribution in [0.15, 0.2) is 48.5 Å². The summed E-state index contributed by atoms with van der Waals surface area (Å²) in [5.74, 6) is 0.685. The van der Waals surface area contributed by atoms with E-state index in [9.17, 15) is 9.90 Å². The van der Waals surface area contributed by atoms with Crippen molar-refractivity contribution in [2.24, 2.45) is 0 Å². The molecule has 0 saturated heterocycles. The van der Waals surface area contributed by atoms with Crippen LogP contribution in [0, 0.1) is 0 Å². The molecule has 3 aromatic rings. The van der Waals surface area contributed by atoms with Gasteiger partial charge in [0.2, 0.25) is 0 Å². The number of ketones is 1. The van der Waals surface area contributed by atoms with Crippen molar-refractivity contribution in [2.45, 2.75) is 6.42 Å². The zero-order valence-electron chi connectivity index (χ0n) is 11.5. The highest BCUT2D eigenvalue weighted by atomic mass is 32.1. The molecule has 0 saturated carbocycles. The largest absolute Gasteiger partial charge is 0.499 e. The van der Waals surface area contributed by atoms with Gasteiger partial charge >= 0.3 is 0 Å². The Kier molecular flexibility index (Phi) is 3.62. The zero-order chi connectivity index (χ0) is 14.8. The van der Waals surface area contributed by atoms with Crippen LogP contribution in [0.5, 0.6) is 10.8 Å².